The number of rotatable bonds is 10. The standard InChI is InChI=1S/C43H37FN4O2S2/c1-3-32-17-20-38(51-32)40-45-36-11-6-5-10-34(36)42(49)47(40)23-22-27-8-7-9-29(24-27)30-14-19-37-35(25-30)43(50)48(26-28-12-15-31(44)16-13-28)41(46-37)39-21-18-33(4-2)52-39/h5-21,24-25,40,45H,3-4,22-23,26H2,1-2H3. The van der Waals surface area contributed by atoms with E-state index in [1.54, 1.807) is 39.4 Å². The number of para-hydroxylation sites is 1. The summed E-state index contributed by atoms with van der Waals surface area (Å²) in [4.78, 5) is 39.7. The maximum atomic E-state index is 14.3. The van der Waals surface area contributed by atoms with Crippen LogP contribution in [-0.2, 0) is 25.8 Å². The van der Waals surface area contributed by atoms with Crippen LogP contribution in [0.4, 0.5) is 10.1 Å². The third-order valence-corrected chi connectivity index (χ3v) is 12.2. The van der Waals surface area contributed by atoms with Crippen LogP contribution in [0.1, 0.15) is 56.1 Å². The number of carbonyl (C=O) groups is 1. The van der Waals surface area contributed by atoms with E-state index < -0.39 is 0 Å². The van der Waals surface area contributed by atoms with Crippen molar-refractivity contribution < 1.29 is 9.18 Å². The quantitative estimate of drug-likeness (QED) is 0.153. The summed E-state index contributed by atoms with van der Waals surface area (Å²) in [5, 5.41) is 4.15. The lowest BCUT2D eigenvalue weighted by molar-refractivity contribution is 0.0688. The van der Waals surface area contributed by atoms with Crippen molar-refractivity contribution in [1.29, 1.82) is 0 Å². The largest absolute Gasteiger partial charge is 0.360 e. The molecule has 7 aromatic rings. The Morgan fingerprint density at radius 3 is 2.33 bits per heavy atom. The summed E-state index contributed by atoms with van der Waals surface area (Å²) >= 11 is 3.38. The zero-order chi connectivity index (χ0) is 35.8. The first-order valence-corrected chi connectivity index (χ1v) is 19.2. The normalized spacial score (nSPS) is 14.1. The summed E-state index contributed by atoms with van der Waals surface area (Å²) < 4.78 is 15.5. The third kappa shape index (κ3) is 6.58. The van der Waals surface area contributed by atoms with E-state index in [4.69, 9.17) is 4.98 Å². The molecule has 1 aliphatic heterocycles. The van der Waals surface area contributed by atoms with Gasteiger partial charge in [0, 0.05) is 26.9 Å². The summed E-state index contributed by atoms with van der Waals surface area (Å²) in [7, 11) is 0. The van der Waals surface area contributed by atoms with Crippen molar-refractivity contribution >= 4 is 45.2 Å². The summed E-state index contributed by atoms with van der Waals surface area (Å²) in [6.07, 6.45) is 2.28. The molecule has 3 aromatic heterocycles. The number of thiophene rings is 2. The molecule has 0 saturated carbocycles. The predicted molar refractivity (Wildman–Crippen MR) is 211 cm³/mol. The summed E-state index contributed by atoms with van der Waals surface area (Å²) in [5.74, 6) is 0.314. The number of nitrogens with one attached hydrogen (secondary N) is 1. The number of aromatic nitrogens is 2. The van der Waals surface area contributed by atoms with Gasteiger partial charge in [-0.2, -0.15) is 0 Å². The molecule has 52 heavy (non-hydrogen) atoms. The number of hydrogen-bond donors (Lipinski definition) is 1. The highest BCUT2D eigenvalue weighted by Gasteiger charge is 2.33. The van der Waals surface area contributed by atoms with Crippen LogP contribution >= 0.6 is 22.7 Å². The minimum absolute atomic E-state index is 0.0220. The summed E-state index contributed by atoms with van der Waals surface area (Å²) in [6, 6.07) is 36.5. The molecule has 0 fully saturated rings. The number of nitrogens with zero attached hydrogens (tertiary/aromatic N) is 3. The molecule has 1 N–H and O–H groups in total. The van der Waals surface area contributed by atoms with Gasteiger partial charge < -0.3 is 10.2 Å². The van der Waals surface area contributed by atoms with Gasteiger partial charge in [0.2, 0.25) is 0 Å². The van der Waals surface area contributed by atoms with Crippen LogP contribution in [0.25, 0.3) is 32.7 Å². The first kappa shape index (κ1) is 33.7. The Kier molecular flexibility index (Phi) is 9.30. The van der Waals surface area contributed by atoms with Crippen LogP contribution in [-0.4, -0.2) is 26.9 Å². The highest BCUT2D eigenvalue weighted by molar-refractivity contribution is 7.15. The molecule has 0 saturated heterocycles. The molecule has 1 atom stereocenters. The fourth-order valence-corrected chi connectivity index (χ4v) is 8.79. The van der Waals surface area contributed by atoms with E-state index in [2.05, 4.69) is 49.5 Å². The van der Waals surface area contributed by atoms with E-state index in [9.17, 15) is 14.0 Å². The van der Waals surface area contributed by atoms with Crippen molar-refractivity contribution in [2.24, 2.45) is 0 Å². The molecule has 260 valence electrons. The fourth-order valence-electron chi connectivity index (χ4n) is 6.83. The van der Waals surface area contributed by atoms with Gasteiger partial charge in [0.1, 0.15) is 12.0 Å². The minimum Gasteiger partial charge on any atom is -0.360 e. The van der Waals surface area contributed by atoms with Gasteiger partial charge in [0.05, 0.1) is 27.9 Å². The van der Waals surface area contributed by atoms with Crippen LogP contribution < -0.4 is 10.9 Å². The minimum atomic E-state index is -0.317. The van der Waals surface area contributed by atoms with Gasteiger partial charge in [-0.1, -0.05) is 68.4 Å². The summed E-state index contributed by atoms with van der Waals surface area (Å²) in [6.45, 7) is 5.07. The highest BCUT2D eigenvalue weighted by atomic mass is 32.1. The molecule has 0 spiro atoms. The second kappa shape index (κ2) is 14.3. The smallest absolute Gasteiger partial charge is 0.262 e. The molecule has 4 heterocycles. The average Bonchev–Trinajstić information content (AvgIpc) is 3.87. The number of halogens is 1. The molecule has 6 nitrogen and oxygen atoms in total. The Labute approximate surface area is 309 Å². The van der Waals surface area contributed by atoms with E-state index in [-0.39, 0.29) is 30.0 Å². The fraction of sp³-hybridized carbons (Fsp3) is 0.186. The maximum Gasteiger partial charge on any atom is 0.262 e. The average molecular weight is 725 g/mol. The molecule has 1 unspecified atom stereocenters. The van der Waals surface area contributed by atoms with Crippen LogP contribution in [0.2, 0.25) is 0 Å². The molecule has 9 heteroatoms. The Hall–Kier alpha value is -5.38. The van der Waals surface area contributed by atoms with Crippen molar-refractivity contribution in [3.05, 3.63) is 163 Å². The molecule has 1 aliphatic rings. The number of anilines is 1. The maximum absolute atomic E-state index is 14.3. The number of benzene rings is 4. The van der Waals surface area contributed by atoms with E-state index in [0.29, 0.717) is 35.3 Å². The van der Waals surface area contributed by atoms with Crippen LogP contribution in [0.15, 0.2) is 120 Å². The zero-order valence-corrected chi connectivity index (χ0v) is 30.6. The highest BCUT2D eigenvalue weighted by Crippen LogP contribution is 2.36. The Bertz CT molecular complexity index is 2480. The van der Waals surface area contributed by atoms with E-state index in [1.165, 1.54) is 21.9 Å². The molecule has 8 rings (SSSR count). The first-order chi connectivity index (χ1) is 25.4. The Morgan fingerprint density at radius 1 is 0.769 bits per heavy atom. The van der Waals surface area contributed by atoms with Gasteiger partial charge in [-0.15, -0.1) is 22.7 Å². The van der Waals surface area contributed by atoms with Crippen molar-refractivity contribution in [2.75, 3.05) is 11.9 Å². The molecule has 1 amide bonds. The number of amides is 1. The molecular weight excluding hydrogens is 688 g/mol. The van der Waals surface area contributed by atoms with Gasteiger partial charge in [-0.05, 0) is 102 Å². The Balaban J connectivity index is 1.11. The van der Waals surface area contributed by atoms with Gasteiger partial charge in [0.25, 0.3) is 11.5 Å². The lowest BCUT2D eigenvalue weighted by Crippen LogP contribution is -2.43. The predicted octanol–water partition coefficient (Wildman–Crippen LogP) is 9.97. The van der Waals surface area contributed by atoms with Gasteiger partial charge in [-0.25, -0.2) is 9.37 Å². The molecule has 0 bridgehead atoms. The van der Waals surface area contributed by atoms with Crippen molar-refractivity contribution in [2.45, 2.75) is 45.8 Å². The van der Waals surface area contributed by atoms with Crippen LogP contribution in [0, 0.1) is 5.82 Å². The topological polar surface area (TPSA) is 67.2 Å². The zero-order valence-electron chi connectivity index (χ0n) is 28.9. The van der Waals surface area contributed by atoms with Crippen LogP contribution in [0.5, 0.6) is 0 Å². The third-order valence-electron chi connectivity index (χ3n) is 9.66. The van der Waals surface area contributed by atoms with Crippen molar-refractivity contribution in [1.82, 2.24) is 14.5 Å². The second-order valence-electron chi connectivity index (χ2n) is 13.0. The van der Waals surface area contributed by atoms with Gasteiger partial charge in [0.15, 0.2) is 5.82 Å². The lowest BCUT2D eigenvalue weighted by atomic mass is 9.99. The van der Waals surface area contributed by atoms with Gasteiger partial charge in [-0.3, -0.25) is 14.2 Å². The molecule has 0 radical (unpaired) electrons. The van der Waals surface area contributed by atoms with E-state index in [0.717, 1.165) is 50.5 Å². The Morgan fingerprint density at radius 2 is 1.54 bits per heavy atom. The monoisotopic (exact) mass is 724 g/mol. The molecule has 4 aromatic carbocycles. The first-order valence-electron chi connectivity index (χ1n) is 17.6. The van der Waals surface area contributed by atoms with E-state index >= 15 is 0 Å². The van der Waals surface area contributed by atoms with Gasteiger partial charge >= 0.3 is 0 Å². The molecule has 0 aliphatic carbocycles. The number of carbonyl (C=O) groups excluding carboxylic acids is 1. The molecular formula is C43H37FN4O2S2. The van der Waals surface area contributed by atoms with E-state index in [1.807, 2.05) is 65.6 Å². The number of hydrogen-bond acceptors (Lipinski definition) is 6. The lowest BCUT2D eigenvalue weighted by Gasteiger charge is -2.37. The SMILES string of the molecule is CCc1ccc(-c2nc3ccc(-c4cccc(CCN5C(=O)c6ccccc6NC5c5ccc(CC)s5)c4)cc3c(=O)n2Cc2ccc(F)cc2)s1. The second-order valence-corrected chi connectivity index (χ2v) is 15.4. The number of aryl methyl sites for hydroxylation is 2. The summed E-state index contributed by atoms with van der Waals surface area (Å²) in [5.41, 5.74) is 5.83. The number of fused-ring (bicyclic) bond motifs is 2. The van der Waals surface area contributed by atoms with Crippen molar-refractivity contribution in [3.63, 3.8) is 0 Å². The van der Waals surface area contributed by atoms with Crippen LogP contribution in [0.3, 0.4) is 0 Å². The van der Waals surface area contributed by atoms with Crippen molar-refractivity contribution in [3.8, 4) is 21.8 Å².